The summed E-state index contributed by atoms with van der Waals surface area (Å²) in [6.07, 6.45) is -24.7. The lowest BCUT2D eigenvalue weighted by Crippen LogP contribution is -2.70. The molecule has 10 aliphatic rings. The van der Waals surface area contributed by atoms with Crippen molar-refractivity contribution in [3.05, 3.63) is 106 Å². The van der Waals surface area contributed by atoms with Crippen molar-refractivity contribution in [3.63, 3.8) is 0 Å². The first-order chi connectivity index (χ1) is 56.4. The Morgan fingerprint density at radius 3 is 1.77 bits per heavy atom. The third kappa shape index (κ3) is 18.7. The number of para-hydroxylation sites is 2. The summed E-state index contributed by atoms with van der Waals surface area (Å²) in [7, 11) is -3.52. The summed E-state index contributed by atoms with van der Waals surface area (Å²) in [4.78, 5) is 45.8. The van der Waals surface area contributed by atoms with Crippen LogP contribution in [0.4, 0.5) is 15.6 Å². The first-order valence-electron chi connectivity index (χ1n) is 39.9. The number of aliphatic hydroxyl groups is 18. The number of ketones is 2. The van der Waals surface area contributed by atoms with Gasteiger partial charge in [-0.05, 0) is 141 Å². The van der Waals surface area contributed by atoms with Crippen molar-refractivity contribution >= 4 is 60.6 Å². The van der Waals surface area contributed by atoms with E-state index in [1.165, 1.54) is 41.0 Å². The number of sulfone groups is 1. The maximum atomic E-state index is 13.5. The van der Waals surface area contributed by atoms with Gasteiger partial charge in [0.1, 0.15) is 183 Å². The summed E-state index contributed by atoms with van der Waals surface area (Å²) >= 11 is 0.712. The summed E-state index contributed by atoms with van der Waals surface area (Å²) in [6.45, 7) is 9.97. The third-order valence-corrected chi connectivity index (χ3v) is 28.3. The molecule has 6 saturated heterocycles. The molecule has 2 aromatic heterocycles. The SMILES string of the molecule is CC(=O)C1C(c2cc(C)ccc2C)CC2CC3CC(C4O[C@H](CO)[C@@H](O)[C@H](O)[C@@H]4O)=C4CC(=O)CCC4(C)C3CC21C.CCOC1C(O)C(CO)OC2C1OCOC2[C@H]1O[C@H](CO)[C@@H](O)[C@H](O)[C@@H]1O.CS(=O)(=O)c1nnc(NC(=O)Nc2ccc([C@H]3O[C@H](CO)[C@@H](O)[C@H](O)[C@@H]3O)cc2)s1.OC[C@H]1O[C@H](c2nc3ccccc3[nH]2)[C@@H](O)[C@@H](O)[C@@H]1O. The van der Waals surface area contributed by atoms with Gasteiger partial charge in [0.2, 0.25) is 19.3 Å². The maximum Gasteiger partial charge on any atom is 0.325 e. The van der Waals surface area contributed by atoms with Gasteiger partial charge in [0, 0.05) is 37.3 Å². The van der Waals surface area contributed by atoms with Crippen molar-refractivity contribution in [2.75, 3.05) is 63.3 Å². The van der Waals surface area contributed by atoms with Crippen LogP contribution < -0.4 is 10.6 Å². The fourth-order valence-corrected chi connectivity index (χ4v) is 21.1. The summed E-state index contributed by atoms with van der Waals surface area (Å²) in [5.74, 6) is 1.84. The van der Waals surface area contributed by atoms with Gasteiger partial charge < -0.3 is 140 Å². The number of hydrogen-bond acceptors (Lipinski definition) is 35. The number of nitrogens with zero attached hydrogens (tertiary/aromatic N) is 3. The van der Waals surface area contributed by atoms with Crippen molar-refractivity contribution < 1.29 is 153 Å². The van der Waals surface area contributed by atoms with Gasteiger partial charge in [0.05, 0.1) is 44.1 Å². The molecule has 37 nitrogen and oxygen atoms in total. The molecule has 0 radical (unpaired) electrons. The number of Topliss-reactive ketones (excluding diaryl/α,β-unsaturated/α-hetero) is 2. The number of H-pyrrole nitrogens is 1. The minimum Gasteiger partial charge on any atom is -0.394 e. The number of aromatic nitrogens is 4. The standard InChI is InChI=1S/C35H48O7.C16H20N4O8S2.C16H28O11.C13H16N2O5/c1-17-6-7-18(2)23(10-17)24-13-21-11-20-12-25(33-32(41)31(40)30(39)28(16-36)42-33)26-14-22(38)8-9-34(26,4)27(20)15-35(21,5)29(24)19(3)37;1-30(26,27)16-20-19-15(29-16)18-14(25)17-8-4-2-7(3-5-8)13-12(24)11(23)10(22)9(6-21)28-13;1-2-23-12-9(20)7(4-18)27-16-14(12)24-5-25-15(16)13-11(22)10(21)8(19)6(3-17)26-13;16-5-8-9(17)10(18)11(19)12(20-8)13-14-6-3-1-2-4-7(6)15-13/h6-7,10,20-21,24,27-33,36,39-41H,8-9,11-16H2,1-5H3;2-5,9-13,21-24H,6H2,1H3,(H2,17,18,19,25);6-22H,2-5H2,1H3;1-4,8-12,16-19H,5H2,(H,14,15)/t20?,21?,24?,27?,28-,29?,30-,31+,32+,33?,34?,35?;9-,10-,11+,12+,13-;6-,7?,8-,9?,10+,11+,12?,13+,14?,15?,16?;8-,9-,10+,11+,12+/m1111/s1. The monoisotopic (exact) mass is 1720 g/mol. The Morgan fingerprint density at radius 1 is 0.630 bits per heavy atom. The van der Waals surface area contributed by atoms with Crippen molar-refractivity contribution in [2.45, 2.75) is 255 Å². The van der Waals surface area contributed by atoms with Crippen LogP contribution in [0.3, 0.4) is 0 Å². The molecule has 39 heteroatoms. The Labute approximate surface area is 689 Å². The minimum atomic E-state index is -3.52. The van der Waals surface area contributed by atoms with E-state index < -0.39 is 208 Å². The number of imidazole rings is 1. The number of hydrogen-bond donors (Lipinski definition) is 21. The number of allylic oxidation sites excluding steroid dienone is 1. The van der Waals surface area contributed by atoms with Crippen LogP contribution in [0, 0.1) is 48.3 Å². The molecular formula is C80H112N6O31S2. The molecule has 33 atom stereocenters. The second kappa shape index (κ2) is 38.2. The fraction of sp³-hybridized carbons (Fsp3) is 0.675. The zero-order valence-electron chi connectivity index (χ0n) is 66.7. The van der Waals surface area contributed by atoms with Gasteiger partial charge in [-0.1, -0.05) is 78.8 Å². The van der Waals surface area contributed by atoms with Crippen molar-refractivity contribution in [1.29, 1.82) is 0 Å². The van der Waals surface area contributed by atoms with E-state index in [4.69, 9.17) is 43.0 Å². The Balaban J connectivity index is 0.000000151. The molecule has 3 saturated carbocycles. The van der Waals surface area contributed by atoms with Crippen molar-refractivity contribution in [3.8, 4) is 0 Å². The number of urea groups is 1. The van der Waals surface area contributed by atoms with Crippen LogP contribution in [0.25, 0.3) is 11.0 Å². The lowest BCUT2D eigenvalue weighted by Gasteiger charge is -2.59. The first kappa shape index (κ1) is 92.1. The zero-order valence-corrected chi connectivity index (χ0v) is 68.3. The number of anilines is 2. The van der Waals surface area contributed by atoms with E-state index in [-0.39, 0.29) is 68.9 Å². The number of rotatable bonds is 16. The number of amides is 2. The lowest BCUT2D eigenvalue weighted by molar-refractivity contribution is -0.352. The van der Waals surface area contributed by atoms with Gasteiger partial charge in [-0.3, -0.25) is 14.9 Å². The van der Waals surface area contributed by atoms with Crippen LogP contribution in [0.1, 0.15) is 119 Å². The molecule has 3 aromatic carbocycles. The van der Waals surface area contributed by atoms with Crippen LogP contribution in [0.2, 0.25) is 0 Å². The van der Waals surface area contributed by atoms with Gasteiger partial charge in [-0.2, -0.15) is 0 Å². The molecule has 6 aliphatic heterocycles. The molecule has 2 amide bonds. The van der Waals surface area contributed by atoms with E-state index in [1.807, 2.05) is 18.2 Å². The van der Waals surface area contributed by atoms with Crippen molar-refractivity contribution in [1.82, 2.24) is 20.2 Å². The van der Waals surface area contributed by atoms with E-state index in [2.05, 4.69) is 76.7 Å². The molecule has 15 rings (SSSR count). The Hall–Kier alpha value is -6.05. The second-order valence-corrected chi connectivity index (χ2v) is 36.4. The molecule has 660 valence electrons. The molecule has 5 aromatic rings. The van der Waals surface area contributed by atoms with E-state index in [1.54, 1.807) is 19.9 Å². The minimum absolute atomic E-state index is 0.00543. The molecule has 119 heavy (non-hydrogen) atoms. The second-order valence-electron chi connectivity index (χ2n) is 33.3. The van der Waals surface area contributed by atoms with Crippen LogP contribution in [-0.2, 0) is 57.3 Å². The third-order valence-electron chi connectivity index (χ3n) is 25.8. The summed E-state index contributed by atoms with van der Waals surface area (Å²) in [5.41, 5.74) is 7.50. The van der Waals surface area contributed by atoms with Crippen LogP contribution in [0.5, 0.6) is 0 Å². The molecule has 9 fully saturated rings. The molecule has 4 aliphatic carbocycles. The summed E-state index contributed by atoms with van der Waals surface area (Å²) < 4.78 is 67.6. The van der Waals surface area contributed by atoms with Gasteiger partial charge >= 0.3 is 6.03 Å². The van der Waals surface area contributed by atoms with Gasteiger partial charge in [0.15, 0.2) is 0 Å². The summed E-state index contributed by atoms with van der Waals surface area (Å²) in [5, 5.41) is 192. The van der Waals surface area contributed by atoms with Gasteiger partial charge in [-0.25, -0.2) is 18.2 Å². The lowest BCUT2D eigenvalue weighted by atomic mass is 9.46. The number of benzene rings is 3. The molecule has 14 unspecified atom stereocenters. The highest BCUT2D eigenvalue weighted by Gasteiger charge is 2.64. The number of ether oxygens (including phenoxy) is 8. The Bertz CT molecular complexity index is 4410. The van der Waals surface area contributed by atoms with E-state index in [0.717, 1.165) is 48.6 Å². The number of aliphatic hydroxyl groups excluding tert-OH is 18. The van der Waals surface area contributed by atoms with Crippen LogP contribution in [0.15, 0.2) is 82.2 Å². The normalized spacial score (nSPS) is 40.1. The molecular weight excluding hydrogens is 1610 g/mol. The average Bonchev–Trinajstić information content (AvgIpc) is 1.61. The molecule has 8 heterocycles. The number of fused-ring (bicyclic) bond motifs is 6. The van der Waals surface area contributed by atoms with E-state index in [0.29, 0.717) is 59.1 Å². The molecule has 21 N–H and O–H groups in total. The quantitative estimate of drug-likeness (QED) is 0.0384. The highest BCUT2D eigenvalue weighted by Crippen LogP contribution is 2.69. The molecule has 0 spiro atoms. The first-order valence-corrected chi connectivity index (χ1v) is 42.7. The van der Waals surface area contributed by atoms with E-state index in [9.17, 15) is 110 Å². The fourth-order valence-electron chi connectivity index (χ4n) is 19.6. The predicted octanol–water partition coefficient (Wildman–Crippen LogP) is -1.78. The van der Waals surface area contributed by atoms with E-state index >= 15 is 0 Å². The number of carbonyl (C=O) groups excluding carboxylic acids is 3. The topological polar surface area (TPSA) is 602 Å². The van der Waals surface area contributed by atoms with Gasteiger partial charge in [-0.15, -0.1) is 10.2 Å². The zero-order chi connectivity index (χ0) is 86.3. The number of nitrogens with one attached hydrogen (secondary N) is 3. The van der Waals surface area contributed by atoms with Gasteiger partial charge in [0.25, 0.3) is 0 Å². The summed E-state index contributed by atoms with van der Waals surface area (Å²) in [6, 6.07) is 19.3. The van der Waals surface area contributed by atoms with Crippen LogP contribution in [-0.4, -0.2) is 337 Å². The highest BCUT2D eigenvalue weighted by molar-refractivity contribution is 7.92. The number of aryl methyl sites for hydroxylation is 2. The number of aromatic amines is 1. The Kier molecular flexibility index (Phi) is 29.6. The average molecular weight is 1720 g/mol. The molecule has 0 bridgehead atoms. The maximum absolute atomic E-state index is 13.5. The van der Waals surface area contributed by atoms with Crippen molar-refractivity contribution in [2.24, 2.45) is 34.5 Å². The largest absolute Gasteiger partial charge is 0.394 e. The highest BCUT2D eigenvalue weighted by atomic mass is 32.2. The predicted molar refractivity (Wildman–Crippen MR) is 417 cm³/mol. The smallest absolute Gasteiger partial charge is 0.325 e. The Morgan fingerprint density at radius 2 is 1.18 bits per heavy atom. The van der Waals surface area contributed by atoms with Crippen LogP contribution >= 0.6 is 11.3 Å². The number of carbonyl (C=O) groups is 3.